The smallest absolute Gasteiger partial charge is 0.318 e. The largest absolute Gasteiger partial charge is 0.337 e. The Balaban J connectivity index is 1.93. The van der Waals surface area contributed by atoms with Gasteiger partial charge in [0, 0.05) is 23.9 Å². The summed E-state index contributed by atoms with van der Waals surface area (Å²) in [6.07, 6.45) is 2.95. The van der Waals surface area contributed by atoms with E-state index in [1.54, 1.807) is 16.7 Å². The van der Waals surface area contributed by atoms with Crippen molar-refractivity contribution in [1.29, 1.82) is 0 Å². The monoisotopic (exact) mass is 362 g/mol. The number of benzene rings is 1. The zero-order valence-electron chi connectivity index (χ0n) is 15.3. The Labute approximate surface area is 153 Å². The van der Waals surface area contributed by atoms with E-state index in [2.05, 4.69) is 46.6 Å². The molecule has 1 N–H and O–H groups in total. The fourth-order valence-corrected chi connectivity index (χ4v) is 2.72. The van der Waals surface area contributed by atoms with Gasteiger partial charge in [-0.05, 0) is 30.4 Å². The maximum absolute atomic E-state index is 12.5. The number of nitrogens with zero attached hydrogens (tertiary/aromatic N) is 3. The molecule has 0 spiro atoms. The molecule has 0 saturated heterocycles. The van der Waals surface area contributed by atoms with Gasteiger partial charge in [0.15, 0.2) is 5.82 Å². The molecule has 0 saturated carbocycles. The first-order valence-corrected chi connectivity index (χ1v) is 9.74. The van der Waals surface area contributed by atoms with Gasteiger partial charge in [0.1, 0.15) is 0 Å². The van der Waals surface area contributed by atoms with Crippen molar-refractivity contribution in [3.05, 3.63) is 41.5 Å². The van der Waals surface area contributed by atoms with E-state index in [-0.39, 0.29) is 18.5 Å². The Morgan fingerprint density at radius 2 is 2.04 bits per heavy atom. The van der Waals surface area contributed by atoms with Crippen LogP contribution in [0.25, 0.3) is 0 Å². The first-order chi connectivity index (χ1) is 12.0. The predicted octanol–water partition coefficient (Wildman–Crippen LogP) is 4.04. The summed E-state index contributed by atoms with van der Waals surface area (Å²) in [6.45, 7) is 7.57. The van der Waals surface area contributed by atoms with E-state index >= 15 is 0 Å². The van der Waals surface area contributed by atoms with Crippen molar-refractivity contribution in [2.45, 2.75) is 51.1 Å². The lowest BCUT2D eigenvalue weighted by Gasteiger charge is -2.22. The minimum atomic E-state index is -0.125. The Bertz CT molecular complexity index is 670. The number of carbonyl (C=O) groups is 1. The van der Waals surface area contributed by atoms with E-state index < -0.39 is 0 Å². The number of aromatic nitrogens is 2. The first-order valence-electron chi connectivity index (χ1n) is 8.51. The van der Waals surface area contributed by atoms with Crippen molar-refractivity contribution in [3.8, 4) is 0 Å². The van der Waals surface area contributed by atoms with Crippen LogP contribution in [0.5, 0.6) is 0 Å². The van der Waals surface area contributed by atoms with Crippen molar-refractivity contribution in [2.75, 3.05) is 12.8 Å². The lowest BCUT2D eigenvalue weighted by Crippen LogP contribution is -2.39. The average molecular weight is 362 g/mol. The summed E-state index contributed by atoms with van der Waals surface area (Å²) in [5, 5.41) is 6.77. The lowest BCUT2D eigenvalue weighted by molar-refractivity contribution is 0.193. The highest BCUT2D eigenvalue weighted by Gasteiger charge is 2.15. The number of hydrogen-bond acceptors (Lipinski definition) is 5. The van der Waals surface area contributed by atoms with Crippen LogP contribution in [0.2, 0.25) is 0 Å². The van der Waals surface area contributed by atoms with Crippen LogP contribution >= 0.6 is 11.8 Å². The van der Waals surface area contributed by atoms with Crippen molar-refractivity contribution >= 4 is 17.8 Å². The Hall–Kier alpha value is -2.02. The number of urea groups is 1. The third kappa shape index (κ3) is 5.77. The number of amides is 2. The van der Waals surface area contributed by atoms with Crippen LogP contribution < -0.4 is 5.32 Å². The summed E-state index contributed by atoms with van der Waals surface area (Å²) in [7, 11) is 0. The fraction of sp³-hybridized carbons (Fsp3) is 0.500. The molecule has 0 aliphatic rings. The second-order valence-corrected chi connectivity index (χ2v) is 7.01. The molecule has 25 heavy (non-hydrogen) atoms. The molecule has 0 fully saturated rings. The molecule has 2 rings (SSSR count). The molecule has 1 aromatic heterocycles. The SMILES string of the molecule is CCCN(Cc1ccc(SC)cc1)C(=O)NCc1nc(C(C)C)no1. The summed E-state index contributed by atoms with van der Waals surface area (Å²) in [6, 6.07) is 8.16. The van der Waals surface area contributed by atoms with Crippen LogP contribution in [0, 0.1) is 0 Å². The Morgan fingerprint density at radius 3 is 2.60 bits per heavy atom. The standard InChI is InChI=1S/C18H26N4O2S/c1-5-10-22(12-14-6-8-15(25-4)9-7-14)18(23)19-11-16-20-17(13(2)3)21-24-16/h6-9,13H,5,10-12H2,1-4H3,(H,19,23). The van der Waals surface area contributed by atoms with Gasteiger partial charge in [-0.25, -0.2) is 4.79 Å². The van der Waals surface area contributed by atoms with Crippen molar-refractivity contribution < 1.29 is 9.32 Å². The van der Waals surface area contributed by atoms with Crippen LogP contribution in [-0.4, -0.2) is 33.9 Å². The minimum Gasteiger partial charge on any atom is -0.337 e. The third-order valence-electron chi connectivity index (χ3n) is 3.70. The highest BCUT2D eigenvalue weighted by molar-refractivity contribution is 7.98. The Kier molecular flexibility index (Phi) is 7.31. The van der Waals surface area contributed by atoms with E-state index in [0.29, 0.717) is 24.8 Å². The first kappa shape index (κ1) is 19.3. The van der Waals surface area contributed by atoms with Crippen LogP contribution in [0.4, 0.5) is 4.79 Å². The Morgan fingerprint density at radius 1 is 1.32 bits per heavy atom. The average Bonchev–Trinajstić information content (AvgIpc) is 3.09. The predicted molar refractivity (Wildman–Crippen MR) is 99.5 cm³/mol. The molecular formula is C18H26N4O2S. The number of carbonyl (C=O) groups excluding carboxylic acids is 1. The van der Waals surface area contributed by atoms with Gasteiger partial charge in [-0.3, -0.25) is 0 Å². The second-order valence-electron chi connectivity index (χ2n) is 6.13. The van der Waals surface area contributed by atoms with Gasteiger partial charge in [-0.1, -0.05) is 38.1 Å². The van der Waals surface area contributed by atoms with Gasteiger partial charge < -0.3 is 14.7 Å². The van der Waals surface area contributed by atoms with Gasteiger partial charge in [0.2, 0.25) is 5.89 Å². The van der Waals surface area contributed by atoms with Crippen LogP contribution in [-0.2, 0) is 13.1 Å². The quantitative estimate of drug-likeness (QED) is 0.718. The molecule has 0 aliphatic heterocycles. The summed E-state index contributed by atoms with van der Waals surface area (Å²) in [4.78, 5) is 19.8. The fourth-order valence-electron chi connectivity index (χ4n) is 2.31. The zero-order valence-corrected chi connectivity index (χ0v) is 16.1. The van der Waals surface area contributed by atoms with Crippen LogP contribution in [0.3, 0.4) is 0 Å². The molecule has 0 unspecified atom stereocenters. The maximum atomic E-state index is 12.5. The highest BCUT2D eigenvalue weighted by Crippen LogP contribution is 2.16. The summed E-state index contributed by atoms with van der Waals surface area (Å²) in [5.74, 6) is 1.29. The molecule has 2 amide bonds. The third-order valence-corrected chi connectivity index (χ3v) is 4.45. The molecule has 7 heteroatoms. The molecule has 1 heterocycles. The van der Waals surface area contributed by atoms with Gasteiger partial charge in [-0.15, -0.1) is 11.8 Å². The molecule has 2 aromatic rings. The maximum Gasteiger partial charge on any atom is 0.318 e. The number of nitrogens with one attached hydrogen (secondary N) is 1. The molecular weight excluding hydrogens is 336 g/mol. The van der Waals surface area contributed by atoms with Gasteiger partial charge in [0.25, 0.3) is 0 Å². The number of thioether (sulfide) groups is 1. The van der Waals surface area contributed by atoms with Crippen molar-refractivity contribution in [1.82, 2.24) is 20.4 Å². The molecule has 1 aromatic carbocycles. The van der Waals surface area contributed by atoms with E-state index in [1.807, 2.05) is 20.1 Å². The summed E-state index contributed by atoms with van der Waals surface area (Å²) >= 11 is 1.71. The van der Waals surface area contributed by atoms with E-state index in [4.69, 9.17) is 4.52 Å². The van der Waals surface area contributed by atoms with E-state index in [9.17, 15) is 4.79 Å². The summed E-state index contributed by atoms with van der Waals surface area (Å²) in [5.41, 5.74) is 1.11. The molecule has 0 aliphatic carbocycles. The normalized spacial score (nSPS) is 10.9. The summed E-state index contributed by atoms with van der Waals surface area (Å²) < 4.78 is 5.16. The van der Waals surface area contributed by atoms with E-state index in [0.717, 1.165) is 12.0 Å². The highest BCUT2D eigenvalue weighted by atomic mass is 32.2. The van der Waals surface area contributed by atoms with Crippen molar-refractivity contribution in [3.63, 3.8) is 0 Å². The lowest BCUT2D eigenvalue weighted by atomic mass is 10.2. The molecule has 136 valence electrons. The molecule has 0 radical (unpaired) electrons. The van der Waals surface area contributed by atoms with Crippen LogP contribution in [0.15, 0.2) is 33.7 Å². The van der Waals surface area contributed by atoms with Gasteiger partial charge in [0.05, 0.1) is 6.54 Å². The van der Waals surface area contributed by atoms with Gasteiger partial charge in [-0.2, -0.15) is 4.98 Å². The minimum absolute atomic E-state index is 0.125. The molecule has 6 nitrogen and oxygen atoms in total. The topological polar surface area (TPSA) is 71.3 Å². The number of hydrogen-bond donors (Lipinski definition) is 1. The molecule has 0 atom stereocenters. The number of rotatable bonds is 8. The zero-order chi connectivity index (χ0) is 18.2. The van der Waals surface area contributed by atoms with Gasteiger partial charge >= 0.3 is 6.03 Å². The van der Waals surface area contributed by atoms with E-state index in [1.165, 1.54) is 4.90 Å². The molecule has 0 bridgehead atoms. The second kappa shape index (κ2) is 9.46. The van der Waals surface area contributed by atoms with Crippen LogP contribution in [0.1, 0.15) is 50.4 Å². The van der Waals surface area contributed by atoms with Crippen molar-refractivity contribution in [2.24, 2.45) is 0 Å².